The van der Waals surface area contributed by atoms with Crippen LogP contribution < -0.4 is 15.5 Å². The molecule has 1 atom stereocenters. The van der Waals surface area contributed by atoms with E-state index in [2.05, 4.69) is 10.6 Å². The lowest BCUT2D eigenvalue weighted by molar-refractivity contribution is -0.113. The van der Waals surface area contributed by atoms with E-state index in [1.165, 1.54) is 6.92 Å². The first-order chi connectivity index (χ1) is 12.0. The van der Waals surface area contributed by atoms with Gasteiger partial charge in [0, 0.05) is 25.4 Å². The van der Waals surface area contributed by atoms with E-state index in [1.807, 2.05) is 73.6 Å². The van der Waals surface area contributed by atoms with Crippen molar-refractivity contribution in [3.63, 3.8) is 0 Å². The van der Waals surface area contributed by atoms with Crippen molar-refractivity contribution < 1.29 is 9.59 Å². The van der Waals surface area contributed by atoms with Crippen LogP contribution in [-0.4, -0.2) is 25.9 Å². The number of Topliss-reactive ketones (excluding diaryl/α,β-unsaturated/α-hetero) is 1. The molecule has 0 radical (unpaired) electrons. The molecule has 0 saturated heterocycles. The van der Waals surface area contributed by atoms with Gasteiger partial charge in [0.05, 0.1) is 11.7 Å². The highest BCUT2D eigenvalue weighted by Crippen LogP contribution is 2.32. The molecule has 0 fully saturated rings. The highest BCUT2D eigenvalue weighted by atomic mass is 16.2. The minimum atomic E-state index is -0.474. The lowest BCUT2D eigenvalue weighted by atomic mass is 9.90. The Bertz CT molecular complexity index is 824. The molecule has 0 aromatic heterocycles. The fourth-order valence-electron chi connectivity index (χ4n) is 2.99. The molecule has 1 aliphatic heterocycles. The third-order valence-corrected chi connectivity index (χ3v) is 4.26. The summed E-state index contributed by atoms with van der Waals surface area (Å²) < 4.78 is 0. The van der Waals surface area contributed by atoms with Gasteiger partial charge in [0.15, 0.2) is 5.78 Å². The molecule has 128 valence electrons. The summed E-state index contributed by atoms with van der Waals surface area (Å²) in [5.74, 6) is -0.0759. The van der Waals surface area contributed by atoms with Crippen LogP contribution in [0.5, 0.6) is 0 Å². The highest BCUT2D eigenvalue weighted by molar-refractivity contribution is 6.06. The van der Waals surface area contributed by atoms with Crippen LogP contribution in [0.15, 0.2) is 60.2 Å². The van der Waals surface area contributed by atoms with Gasteiger partial charge < -0.3 is 15.5 Å². The molecule has 2 aromatic rings. The molecule has 5 heteroatoms. The molecule has 25 heavy (non-hydrogen) atoms. The lowest BCUT2D eigenvalue weighted by Gasteiger charge is -2.29. The topological polar surface area (TPSA) is 61.4 Å². The van der Waals surface area contributed by atoms with E-state index in [0.717, 1.165) is 16.8 Å². The van der Waals surface area contributed by atoms with Gasteiger partial charge in [-0.2, -0.15) is 0 Å². The van der Waals surface area contributed by atoms with Crippen molar-refractivity contribution in [2.75, 3.05) is 19.0 Å². The zero-order chi connectivity index (χ0) is 18.0. The monoisotopic (exact) mass is 335 g/mol. The summed E-state index contributed by atoms with van der Waals surface area (Å²) in [7, 11) is 3.94. The van der Waals surface area contributed by atoms with Gasteiger partial charge in [0.2, 0.25) is 0 Å². The fourth-order valence-corrected chi connectivity index (χ4v) is 2.99. The zero-order valence-electron chi connectivity index (χ0n) is 14.5. The summed E-state index contributed by atoms with van der Waals surface area (Å²) in [5, 5.41) is 5.66. The number of carbonyl (C=O) groups is 2. The zero-order valence-corrected chi connectivity index (χ0v) is 14.5. The van der Waals surface area contributed by atoms with Crippen LogP contribution in [0.3, 0.4) is 0 Å². The minimum absolute atomic E-state index is 0.0759. The van der Waals surface area contributed by atoms with E-state index in [-0.39, 0.29) is 11.8 Å². The second-order valence-electron chi connectivity index (χ2n) is 6.23. The summed E-state index contributed by atoms with van der Waals surface area (Å²) in [5.41, 5.74) is 3.87. The standard InChI is InChI=1S/C20H21N3O2/c1-13(24)17-18(14-7-5-4-6-8-14)21-20(25)22-19(17)15-9-11-16(12-10-15)23(2)3/h4-12,19H,1-3H3,(H2,21,22,25)/t19-/m1/s1. The molecular weight excluding hydrogens is 314 g/mol. The van der Waals surface area contributed by atoms with Crippen LogP contribution in [-0.2, 0) is 4.79 Å². The Balaban J connectivity index is 2.10. The number of amides is 2. The van der Waals surface area contributed by atoms with Crippen molar-refractivity contribution in [3.05, 3.63) is 71.3 Å². The normalized spacial score (nSPS) is 16.9. The van der Waals surface area contributed by atoms with Gasteiger partial charge in [-0.05, 0) is 30.2 Å². The molecule has 1 heterocycles. The average molecular weight is 335 g/mol. The molecule has 0 bridgehead atoms. The Morgan fingerprint density at radius 2 is 1.64 bits per heavy atom. The highest BCUT2D eigenvalue weighted by Gasteiger charge is 2.31. The molecule has 0 spiro atoms. The van der Waals surface area contributed by atoms with Crippen LogP contribution in [0.1, 0.15) is 24.1 Å². The SMILES string of the molecule is CC(=O)C1=C(c2ccccc2)NC(=O)N[C@@H]1c1ccc(N(C)C)cc1. The van der Waals surface area contributed by atoms with E-state index in [9.17, 15) is 9.59 Å². The molecule has 2 amide bonds. The summed E-state index contributed by atoms with van der Waals surface area (Å²) in [6.07, 6.45) is 0. The molecular formula is C20H21N3O2. The number of benzene rings is 2. The van der Waals surface area contributed by atoms with Gasteiger partial charge in [-0.1, -0.05) is 42.5 Å². The summed E-state index contributed by atoms with van der Waals surface area (Å²) in [6.45, 7) is 1.53. The van der Waals surface area contributed by atoms with E-state index in [1.54, 1.807) is 0 Å². The Morgan fingerprint density at radius 3 is 2.20 bits per heavy atom. The maximum Gasteiger partial charge on any atom is 0.320 e. The summed E-state index contributed by atoms with van der Waals surface area (Å²) in [4.78, 5) is 26.6. The number of urea groups is 1. The number of anilines is 1. The second kappa shape index (κ2) is 6.81. The van der Waals surface area contributed by atoms with Crippen molar-refractivity contribution in [1.29, 1.82) is 0 Å². The average Bonchev–Trinajstić information content (AvgIpc) is 2.61. The molecule has 2 N–H and O–H groups in total. The number of rotatable bonds is 4. The summed E-state index contributed by atoms with van der Waals surface area (Å²) >= 11 is 0. The van der Waals surface area contributed by atoms with Crippen LogP contribution in [0, 0.1) is 0 Å². The Hall–Kier alpha value is -3.08. The number of ketones is 1. The molecule has 0 unspecified atom stereocenters. The predicted molar refractivity (Wildman–Crippen MR) is 99.2 cm³/mol. The van der Waals surface area contributed by atoms with Crippen LogP contribution in [0.4, 0.5) is 10.5 Å². The Labute approximate surface area is 147 Å². The third-order valence-electron chi connectivity index (χ3n) is 4.26. The molecule has 3 rings (SSSR count). The predicted octanol–water partition coefficient (Wildman–Crippen LogP) is 3.11. The smallest absolute Gasteiger partial charge is 0.320 e. The molecule has 5 nitrogen and oxygen atoms in total. The number of nitrogens with one attached hydrogen (secondary N) is 2. The maximum atomic E-state index is 12.4. The van der Waals surface area contributed by atoms with Gasteiger partial charge >= 0.3 is 6.03 Å². The van der Waals surface area contributed by atoms with Crippen molar-refractivity contribution in [3.8, 4) is 0 Å². The maximum absolute atomic E-state index is 12.4. The van der Waals surface area contributed by atoms with Crippen LogP contribution >= 0.6 is 0 Å². The van der Waals surface area contributed by atoms with Gasteiger partial charge in [-0.25, -0.2) is 4.79 Å². The van der Waals surface area contributed by atoms with Crippen molar-refractivity contribution in [2.24, 2.45) is 0 Å². The number of nitrogens with zero attached hydrogens (tertiary/aromatic N) is 1. The fraction of sp³-hybridized carbons (Fsp3) is 0.200. The molecule has 0 saturated carbocycles. The molecule has 0 aliphatic carbocycles. The lowest BCUT2D eigenvalue weighted by Crippen LogP contribution is -2.44. The van der Waals surface area contributed by atoms with Gasteiger partial charge in [0.25, 0.3) is 0 Å². The van der Waals surface area contributed by atoms with E-state index in [4.69, 9.17) is 0 Å². The number of hydrogen-bond acceptors (Lipinski definition) is 3. The first kappa shape index (κ1) is 16.8. The van der Waals surface area contributed by atoms with Crippen molar-refractivity contribution in [1.82, 2.24) is 10.6 Å². The van der Waals surface area contributed by atoms with Gasteiger partial charge in [0.1, 0.15) is 0 Å². The van der Waals surface area contributed by atoms with E-state index in [0.29, 0.717) is 11.3 Å². The van der Waals surface area contributed by atoms with Crippen LogP contribution in [0.2, 0.25) is 0 Å². The Morgan fingerprint density at radius 1 is 1.00 bits per heavy atom. The van der Waals surface area contributed by atoms with Crippen molar-refractivity contribution >= 4 is 23.2 Å². The van der Waals surface area contributed by atoms with Crippen molar-refractivity contribution in [2.45, 2.75) is 13.0 Å². The number of carbonyl (C=O) groups excluding carboxylic acids is 2. The van der Waals surface area contributed by atoms with Gasteiger partial charge in [-0.3, -0.25) is 4.79 Å². The van der Waals surface area contributed by atoms with Gasteiger partial charge in [-0.15, -0.1) is 0 Å². The van der Waals surface area contributed by atoms with Crippen LogP contribution in [0.25, 0.3) is 5.70 Å². The minimum Gasteiger partial charge on any atom is -0.378 e. The molecule has 1 aliphatic rings. The third kappa shape index (κ3) is 3.40. The van der Waals surface area contributed by atoms with E-state index < -0.39 is 6.04 Å². The Kier molecular flexibility index (Phi) is 4.57. The quantitative estimate of drug-likeness (QED) is 0.902. The number of hydrogen-bond donors (Lipinski definition) is 2. The first-order valence-electron chi connectivity index (χ1n) is 8.12. The molecule has 2 aromatic carbocycles. The largest absolute Gasteiger partial charge is 0.378 e. The first-order valence-corrected chi connectivity index (χ1v) is 8.12. The second-order valence-corrected chi connectivity index (χ2v) is 6.23. The summed E-state index contributed by atoms with van der Waals surface area (Å²) in [6, 6.07) is 16.5. The van der Waals surface area contributed by atoms with E-state index >= 15 is 0 Å².